The summed E-state index contributed by atoms with van der Waals surface area (Å²) in [6, 6.07) is 15.8. The summed E-state index contributed by atoms with van der Waals surface area (Å²) >= 11 is 0. The van der Waals surface area contributed by atoms with Crippen molar-refractivity contribution >= 4 is 47.4 Å². The number of aromatic amines is 1. The quantitative estimate of drug-likeness (QED) is 0.600. The average molecular weight is 407 g/mol. The van der Waals surface area contributed by atoms with Gasteiger partial charge in [0.1, 0.15) is 5.82 Å². The van der Waals surface area contributed by atoms with E-state index >= 15 is 0 Å². The lowest BCUT2D eigenvalue weighted by molar-refractivity contribution is -0.120. The second-order valence-electron chi connectivity index (χ2n) is 6.70. The van der Waals surface area contributed by atoms with Gasteiger partial charge in [0.25, 0.3) is 0 Å². The maximum atomic E-state index is 12.5. The van der Waals surface area contributed by atoms with Crippen LogP contribution in [0.1, 0.15) is 19.3 Å². The van der Waals surface area contributed by atoms with Gasteiger partial charge in [-0.2, -0.15) is 0 Å². The molecule has 4 N–H and O–H groups in total. The van der Waals surface area contributed by atoms with Crippen LogP contribution < -0.4 is 11.1 Å². The molecule has 1 aliphatic rings. The van der Waals surface area contributed by atoms with E-state index in [4.69, 9.17) is 5.73 Å². The zero-order valence-corrected chi connectivity index (χ0v) is 16.5. The maximum absolute atomic E-state index is 12.5. The molecule has 4 rings (SSSR count). The van der Waals surface area contributed by atoms with Crippen molar-refractivity contribution in [1.29, 1.82) is 0 Å². The Bertz CT molecular complexity index is 861. The predicted molar refractivity (Wildman–Crippen MR) is 115 cm³/mol. The second-order valence-corrected chi connectivity index (χ2v) is 6.70. The van der Waals surface area contributed by atoms with Crippen molar-refractivity contribution in [1.82, 2.24) is 9.97 Å². The first-order valence-electron chi connectivity index (χ1n) is 8.81. The van der Waals surface area contributed by atoms with E-state index in [2.05, 4.69) is 15.3 Å². The first-order chi connectivity index (χ1) is 12.2. The summed E-state index contributed by atoms with van der Waals surface area (Å²) in [6.45, 7) is 0.586. The molecule has 1 heterocycles. The van der Waals surface area contributed by atoms with E-state index in [-0.39, 0.29) is 36.6 Å². The number of nitrogens with zero attached hydrogens (tertiary/aromatic N) is 1. The Morgan fingerprint density at radius 2 is 1.85 bits per heavy atom. The Morgan fingerprint density at radius 1 is 1.11 bits per heavy atom. The van der Waals surface area contributed by atoms with Crippen molar-refractivity contribution in [2.24, 2.45) is 17.6 Å². The number of benzene rings is 2. The molecule has 0 unspecified atom stereocenters. The molecule has 1 aromatic heterocycles. The average Bonchev–Trinajstić information content (AvgIpc) is 3.28. The number of hydrogen-bond donors (Lipinski definition) is 3. The van der Waals surface area contributed by atoms with Crippen LogP contribution in [0.3, 0.4) is 0 Å². The highest BCUT2D eigenvalue weighted by atomic mass is 35.5. The van der Waals surface area contributed by atoms with Crippen LogP contribution in [-0.2, 0) is 4.79 Å². The molecule has 27 heavy (non-hydrogen) atoms. The van der Waals surface area contributed by atoms with Gasteiger partial charge in [0, 0.05) is 17.2 Å². The van der Waals surface area contributed by atoms with Crippen molar-refractivity contribution in [2.75, 3.05) is 11.9 Å². The topological polar surface area (TPSA) is 83.8 Å². The van der Waals surface area contributed by atoms with Gasteiger partial charge in [-0.05, 0) is 61.7 Å². The molecule has 7 heteroatoms. The Labute approximate surface area is 171 Å². The summed E-state index contributed by atoms with van der Waals surface area (Å²) in [4.78, 5) is 20.4. The SMILES string of the molecule is Cl.Cl.NC[C@H]1CCC[C@H]1C(=O)Nc1ccc(-c2nc3ccccc3[nH]2)cc1. The molecule has 5 nitrogen and oxygen atoms in total. The molecule has 2 atom stereocenters. The number of nitrogens with one attached hydrogen (secondary N) is 2. The molecule has 0 saturated heterocycles. The van der Waals surface area contributed by atoms with Crippen LogP contribution in [0.5, 0.6) is 0 Å². The number of para-hydroxylation sites is 2. The zero-order valence-electron chi connectivity index (χ0n) is 14.9. The third kappa shape index (κ3) is 4.43. The van der Waals surface area contributed by atoms with E-state index in [0.717, 1.165) is 47.4 Å². The minimum atomic E-state index is 0. The van der Waals surface area contributed by atoms with Gasteiger partial charge in [-0.3, -0.25) is 4.79 Å². The molecule has 0 spiro atoms. The number of hydrogen-bond acceptors (Lipinski definition) is 3. The fourth-order valence-electron chi connectivity index (χ4n) is 3.70. The van der Waals surface area contributed by atoms with E-state index < -0.39 is 0 Å². The molecule has 1 saturated carbocycles. The number of aromatic nitrogens is 2. The number of H-pyrrole nitrogens is 1. The fourth-order valence-corrected chi connectivity index (χ4v) is 3.70. The molecule has 0 aliphatic heterocycles. The number of rotatable bonds is 4. The lowest BCUT2D eigenvalue weighted by atomic mass is 9.95. The van der Waals surface area contributed by atoms with Gasteiger partial charge in [0.15, 0.2) is 0 Å². The third-order valence-electron chi connectivity index (χ3n) is 5.11. The maximum Gasteiger partial charge on any atom is 0.227 e. The van der Waals surface area contributed by atoms with Crippen LogP contribution in [0.4, 0.5) is 5.69 Å². The molecule has 144 valence electrons. The van der Waals surface area contributed by atoms with Crippen molar-refractivity contribution in [3.63, 3.8) is 0 Å². The number of imidazole rings is 1. The van der Waals surface area contributed by atoms with E-state index in [9.17, 15) is 4.79 Å². The molecular formula is C20H24Cl2N4O. The van der Waals surface area contributed by atoms with Gasteiger partial charge >= 0.3 is 0 Å². The molecule has 1 aliphatic carbocycles. The van der Waals surface area contributed by atoms with E-state index in [1.54, 1.807) is 0 Å². The summed E-state index contributed by atoms with van der Waals surface area (Å²) in [6.07, 6.45) is 3.08. The third-order valence-corrected chi connectivity index (χ3v) is 5.11. The van der Waals surface area contributed by atoms with E-state index in [1.807, 2.05) is 48.5 Å². The van der Waals surface area contributed by atoms with Crippen molar-refractivity contribution < 1.29 is 4.79 Å². The number of anilines is 1. The van der Waals surface area contributed by atoms with Crippen molar-refractivity contribution in [3.8, 4) is 11.4 Å². The van der Waals surface area contributed by atoms with Crippen molar-refractivity contribution in [2.45, 2.75) is 19.3 Å². The highest BCUT2D eigenvalue weighted by molar-refractivity contribution is 5.93. The zero-order chi connectivity index (χ0) is 17.2. The van der Waals surface area contributed by atoms with Crippen LogP contribution in [0, 0.1) is 11.8 Å². The van der Waals surface area contributed by atoms with Gasteiger partial charge in [0.2, 0.25) is 5.91 Å². The largest absolute Gasteiger partial charge is 0.338 e. The van der Waals surface area contributed by atoms with E-state index in [1.165, 1.54) is 0 Å². The Morgan fingerprint density at radius 3 is 2.56 bits per heavy atom. The van der Waals surface area contributed by atoms with Crippen LogP contribution in [-0.4, -0.2) is 22.4 Å². The first kappa shape index (κ1) is 21.2. The highest BCUT2D eigenvalue weighted by Gasteiger charge is 2.31. The lowest BCUT2D eigenvalue weighted by Crippen LogP contribution is -2.29. The van der Waals surface area contributed by atoms with E-state index in [0.29, 0.717) is 12.5 Å². The normalized spacial score (nSPS) is 18.6. The van der Waals surface area contributed by atoms with Gasteiger partial charge in [0.05, 0.1) is 11.0 Å². The minimum absolute atomic E-state index is 0. The molecule has 0 radical (unpaired) electrons. The summed E-state index contributed by atoms with van der Waals surface area (Å²) < 4.78 is 0. The number of fused-ring (bicyclic) bond motifs is 1. The Hall–Kier alpha value is -2.08. The summed E-state index contributed by atoms with van der Waals surface area (Å²) in [5.41, 5.74) is 9.55. The van der Waals surface area contributed by atoms with Crippen LogP contribution in [0.15, 0.2) is 48.5 Å². The summed E-state index contributed by atoms with van der Waals surface area (Å²) in [5, 5.41) is 3.03. The fraction of sp³-hybridized carbons (Fsp3) is 0.300. The van der Waals surface area contributed by atoms with Crippen molar-refractivity contribution in [3.05, 3.63) is 48.5 Å². The predicted octanol–water partition coefficient (Wildman–Crippen LogP) is 4.39. The number of amides is 1. The molecule has 2 aromatic carbocycles. The standard InChI is InChI=1S/C20H22N4O.2ClH/c21-12-14-4-3-5-16(14)20(25)22-15-10-8-13(9-11-15)19-23-17-6-1-2-7-18(17)24-19;;/h1-2,6-11,14,16H,3-5,12,21H2,(H,22,25)(H,23,24);2*1H/t14-,16-;;/m1../s1. The van der Waals surface area contributed by atoms with Gasteiger partial charge in [-0.15, -0.1) is 24.8 Å². The lowest BCUT2D eigenvalue weighted by Gasteiger charge is -2.17. The van der Waals surface area contributed by atoms with Gasteiger partial charge in [-0.25, -0.2) is 4.98 Å². The molecular weight excluding hydrogens is 383 g/mol. The van der Waals surface area contributed by atoms with Gasteiger partial charge < -0.3 is 16.0 Å². The van der Waals surface area contributed by atoms with Crippen LogP contribution in [0.25, 0.3) is 22.4 Å². The minimum Gasteiger partial charge on any atom is -0.338 e. The first-order valence-corrected chi connectivity index (χ1v) is 8.81. The number of carbonyl (C=O) groups is 1. The molecule has 0 bridgehead atoms. The Kier molecular flexibility index (Phi) is 7.25. The molecule has 1 fully saturated rings. The smallest absolute Gasteiger partial charge is 0.227 e. The molecule has 1 amide bonds. The molecule has 3 aromatic rings. The Balaban J connectivity index is 0.00000131. The number of nitrogens with two attached hydrogens (primary N) is 1. The second kappa shape index (κ2) is 9.22. The summed E-state index contributed by atoms with van der Waals surface area (Å²) in [7, 11) is 0. The highest BCUT2D eigenvalue weighted by Crippen LogP contribution is 2.32. The van der Waals surface area contributed by atoms with Crippen LogP contribution >= 0.6 is 24.8 Å². The number of carbonyl (C=O) groups excluding carboxylic acids is 1. The number of halogens is 2. The van der Waals surface area contributed by atoms with Crippen LogP contribution in [0.2, 0.25) is 0 Å². The van der Waals surface area contributed by atoms with Gasteiger partial charge in [-0.1, -0.05) is 18.6 Å². The summed E-state index contributed by atoms with van der Waals surface area (Å²) in [5.74, 6) is 1.28. The monoisotopic (exact) mass is 406 g/mol.